The van der Waals surface area contributed by atoms with Gasteiger partial charge in [0.15, 0.2) is 0 Å². The van der Waals surface area contributed by atoms with Crippen LogP contribution in [0, 0.1) is 0 Å². The van der Waals surface area contributed by atoms with Crippen molar-refractivity contribution in [3.63, 3.8) is 0 Å². The number of hydrogen-bond acceptors (Lipinski definition) is 3. The van der Waals surface area contributed by atoms with Crippen LogP contribution in [0.1, 0.15) is 38.7 Å². The molecule has 21 heavy (non-hydrogen) atoms. The summed E-state index contributed by atoms with van der Waals surface area (Å²) in [6.45, 7) is 5.96. The first kappa shape index (κ1) is 15.8. The van der Waals surface area contributed by atoms with Gasteiger partial charge in [-0.05, 0) is 37.1 Å². The van der Waals surface area contributed by atoms with Crippen LogP contribution in [0.2, 0.25) is 0 Å². The molecule has 1 aliphatic heterocycles. The summed E-state index contributed by atoms with van der Waals surface area (Å²) in [5.41, 5.74) is 1.10. The SMILES string of the molecule is COc1ccc(C(C)(C)CNC(=O)CC2CCCN2)cc1. The second-order valence-electron chi connectivity index (χ2n) is 6.39. The molecule has 1 aliphatic rings. The van der Waals surface area contributed by atoms with Crippen molar-refractivity contribution in [1.29, 1.82) is 0 Å². The maximum Gasteiger partial charge on any atom is 0.221 e. The third-order valence-electron chi connectivity index (χ3n) is 4.19. The number of rotatable bonds is 6. The van der Waals surface area contributed by atoms with E-state index in [1.165, 1.54) is 12.0 Å². The maximum atomic E-state index is 12.0. The van der Waals surface area contributed by atoms with Crippen molar-refractivity contribution in [2.75, 3.05) is 20.2 Å². The Bertz CT molecular complexity index is 462. The summed E-state index contributed by atoms with van der Waals surface area (Å²) >= 11 is 0. The van der Waals surface area contributed by atoms with E-state index >= 15 is 0 Å². The lowest BCUT2D eigenvalue weighted by Gasteiger charge is -2.26. The molecule has 0 spiro atoms. The lowest BCUT2D eigenvalue weighted by molar-refractivity contribution is -0.121. The van der Waals surface area contributed by atoms with Crippen LogP contribution in [-0.2, 0) is 10.2 Å². The van der Waals surface area contributed by atoms with E-state index < -0.39 is 0 Å². The molecule has 0 aliphatic carbocycles. The minimum Gasteiger partial charge on any atom is -0.497 e. The van der Waals surface area contributed by atoms with Crippen molar-refractivity contribution >= 4 is 5.91 Å². The van der Waals surface area contributed by atoms with Crippen LogP contribution in [0.4, 0.5) is 0 Å². The predicted molar refractivity (Wildman–Crippen MR) is 84.7 cm³/mol. The Morgan fingerprint density at radius 3 is 2.67 bits per heavy atom. The van der Waals surface area contributed by atoms with Crippen molar-refractivity contribution < 1.29 is 9.53 Å². The van der Waals surface area contributed by atoms with Crippen LogP contribution >= 0.6 is 0 Å². The topological polar surface area (TPSA) is 50.4 Å². The molecule has 1 aromatic rings. The first-order valence-electron chi connectivity index (χ1n) is 7.66. The third-order valence-corrected chi connectivity index (χ3v) is 4.19. The van der Waals surface area contributed by atoms with Crippen LogP contribution < -0.4 is 15.4 Å². The first-order chi connectivity index (χ1) is 10.0. The molecule has 1 atom stereocenters. The van der Waals surface area contributed by atoms with Crippen LogP contribution in [-0.4, -0.2) is 32.1 Å². The number of amides is 1. The summed E-state index contributed by atoms with van der Waals surface area (Å²) in [4.78, 5) is 12.0. The van der Waals surface area contributed by atoms with Gasteiger partial charge in [-0.3, -0.25) is 4.79 Å². The summed E-state index contributed by atoms with van der Waals surface area (Å²) in [7, 11) is 1.66. The van der Waals surface area contributed by atoms with E-state index in [2.05, 4.69) is 36.6 Å². The van der Waals surface area contributed by atoms with Crippen LogP contribution in [0.25, 0.3) is 0 Å². The molecule has 0 aromatic heterocycles. The predicted octanol–water partition coefficient (Wildman–Crippen LogP) is 2.23. The van der Waals surface area contributed by atoms with E-state index in [4.69, 9.17) is 4.74 Å². The smallest absolute Gasteiger partial charge is 0.221 e. The van der Waals surface area contributed by atoms with Crippen LogP contribution in [0.3, 0.4) is 0 Å². The summed E-state index contributed by atoms with van der Waals surface area (Å²) in [5, 5.41) is 6.42. The Morgan fingerprint density at radius 2 is 2.10 bits per heavy atom. The number of hydrogen-bond donors (Lipinski definition) is 2. The highest BCUT2D eigenvalue weighted by Crippen LogP contribution is 2.24. The number of carbonyl (C=O) groups is 1. The normalized spacial score (nSPS) is 18.5. The highest BCUT2D eigenvalue weighted by molar-refractivity contribution is 5.76. The van der Waals surface area contributed by atoms with Gasteiger partial charge in [0.1, 0.15) is 5.75 Å². The van der Waals surface area contributed by atoms with Gasteiger partial charge in [0, 0.05) is 24.4 Å². The number of carbonyl (C=O) groups excluding carboxylic acids is 1. The van der Waals surface area contributed by atoms with Gasteiger partial charge in [-0.15, -0.1) is 0 Å². The fourth-order valence-corrected chi connectivity index (χ4v) is 2.69. The lowest BCUT2D eigenvalue weighted by atomic mass is 9.84. The summed E-state index contributed by atoms with van der Waals surface area (Å²) < 4.78 is 5.18. The average Bonchev–Trinajstić information content (AvgIpc) is 2.98. The van der Waals surface area contributed by atoms with Crippen LogP contribution in [0.5, 0.6) is 5.75 Å². The molecule has 0 saturated carbocycles. The van der Waals surface area contributed by atoms with Gasteiger partial charge >= 0.3 is 0 Å². The van der Waals surface area contributed by atoms with Gasteiger partial charge in [0.2, 0.25) is 5.91 Å². The van der Waals surface area contributed by atoms with Crippen LogP contribution in [0.15, 0.2) is 24.3 Å². The zero-order valence-corrected chi connectivity index (χ0v) is 13.2. The molecule has 1 saturated heterocycles. The quantitative estimate of drug-likeness (QED) is 0.845. The molecule has 1 aromatic carbocycles. The molecule has 1 fully saturated rings. The number of nitrogens with one attached hydrogen (secondary N) is 2. The lowest BCUT2D eigenvalue weighted by Crippen LogP contribution is -2.39. The molecule has 1 heterocycles. The van der Waals surface area contributed by atoms with E-state index in [0.29, 0.717) is 19.0 Å². The minimum atomic E-state index is -0.0922. The molecule has 4 nitrogen and oxygen atoms in total. The third kappa shape index (κ3) is 4.46. The van der Waals surface area contributed by atoms with E-state index in [9.17, 15) is 4.79 Å². The number of ether oxygens (including phenoxy) is 1. The molecule has 1 amide bonds. The van der Waals surface area contributed by atoms with Gasteiger partial charge in [0.05, 0.1) is 7.11 Å². The molecular formula is C17H26N2O2. The largest absolute Gasteiger partial charge is 0.497 e. The van der Waals surface area contributed by atoms with E-state index in [1.54, 1.807) is 7.11 Å². The molecule has 0 bridgehead atoms. The summed E-state index contributed by atoms with van der Waals surface area (Å²) in [6.07, 6.45) is 2.86. The van der Waals surface area contributed by atoms with E-state index in [-0.39, 0.29) is 11.3 Å². The highest BCUT2D eigenvalue weighted by atomic mass is 16.5. The van der Waals surface area contributed by atoms with Crippen molar-refractivity contribution in [1.82, 2.24) is 10.6 Å². The van der Waals surface area contributed by atoms with E-state index in [0.717, 1.165) is 18.7 Å². The standard InChI is InChI=1S/C17H26N2O2/c1-17(2,13-6-8-15(21-3)9-7-13)12-19-16(20)11-14-5-4-10-18-14/h6-9,14,18H,4-5,10-12H2,1-3H3,(H,19,20). The fourth-order valence-electron chi connectivity index (χ4n) is 2.69. The molecule has 2 rings (SSSR count). The Hall–Kier alpha value is -1.55. The minimum absolute atomic E-state index is 0.0922. The van der Waals surface area contributed by atoms with Gasteiger partial charge in [-0.25, -0.2) is 0 Å². The van der Waals surface area contributed by atoms with Crippen molar-refractivity contribution in [2.45, 2.75) is 44.6 Å². The average molecular weight is 290 g/mol. The van der Waals surface area contributed by atoms with Crippen molar-refractivity contribution in [2.24, 2.45) is 0 Å². The fraction of sp³-hybridized carbons (Fsp3) is 0.588. The Morgan fingerprint density at radius 1 is 1.38 bits per heavy atom. The summed E-state index contributed by atoms with van der Waals surface area (Å²) in [6, 6.07) is 8.39. The second-order valence-corrected chi connectivity index (χ2v) is 6.39. The maximum absolute atomic E-state index is 12.0. The first-order valence-corrected chi connectivity index (χ1v) is 7.66. The van der Waals surface area contributed by atoms with E-state index in [1.807, 2.05) is 12.1 Å². The number of benzene rings is 1. The van der Waals surface area contributed by atoms with Gasteiger partial charge in [0.25, 0.3) is 0 Å². The molecule has 4 heteroatoms. The Balaban J connectivity index is 1.85. The van der Waals surface area contributed by atoms with Gasteiger partial charge in [-0.1, -0.05) is 26.0 Å². The molecular weight excluding hydrogens is 264 g/mol. The second kappa shape index (κ2) is 6.94. The zero-order valence-electron chi connectivity index (χ0n) is 13.2. The highest BCUT2D eigenvalue weighted by Gasteiger charge is 2.23. The molecule has 116 valence electrons. The summed E-state index contributed by atoms with van der Waals surface area (Å²) in [5.74, 6) is 0.988. The Kier molecular flexibility index (Phi) is 5.23. The monoisotopic (exact) mass is 290 g/mol. The molecule has 0 radical (unpaired) electrons. The molecule has 2 N–H and O–H groups in total. The van der Waals surface area contributed by atoms with Gasteiger partial charge in [-0.2, -0.15) is 0 Å². The van der Waals surface area contributed by atoms with Crippen molar-refractivity contribution in [3.05, 3.63) is 29.8 Å². The molecule has 1 unspecified atom stereocenters. The zero-order chi connectivity index (χ0) is 15.3. The number of methoxy groups -OCH3 is 1. The van der Waals surface area contributed by atoms with Crippen molar-refractivity contribution in [3.8, 4) is 5.75 Å². The Labute approximate surface area is 127 Å². The van der Waals surface area contributed by atoms with Gasteiger partial charge < -0.3 is 15.4 Å².